The monoisotopic (exact) mass is 276 g/mol. The van der Waals surface area contributed by atoms with Crippen molar-refractivity contribution in [3.63, 3.8) is 0 Å². The van der Waals surface area contributed by atoms with Crippen molar-refractivity contribution >= 4 is 0 Å². The van der Waals surface area contributed by atoms with Gasteiger partial charge < -0.3 is 15.0 Å². The molecule has 2 rings (SSSR count). The number of methoxy groups -OCH3 is 1. The van der Waals surface area contributed by atoms with E-state index in [9.17, 15) is 0 Å². The molecule has 0 aliphatic carbocycles. The lowest BCUT2D eigenvalue weighted by Crippen LogP contribution is -2.34. The molecule has 3 heteroatoms. The fraction of sp³-hybridized carbons (Fsp3) is 0.647. The van der Waals surface area contributed by atoms with E-state index in [0.717, 1.165) is 24.8 Å². The Hall–Kier alpha value is -1.06. The van der Waals surface area contributed by atoms with Crippen molar-refractivity contribution in [3.8, 4) is 5.75 Å². The van der Waals surface area contributed by atoms with Gasteiger partial charge in [-0.25, -0.2) is 0 Å². The number of para-hydroxylation sites is 1. The van der Waals surface area contributed by atoms with E-state index in [1.807, 2.05) is 12.1 Å². The number of nitrogens with one attached hydrogen (secondary N) is 1. The lowest BCUT2D eigenvalue weighted by Gasteiger charge is -2.30. The maximum absolute atomic E-state index is 5.36. The first kappa shape index (κ1) is 15.3. The number of rotatable bonds is 7. The van der Waals surface area contributed by atoms with Gasteiger partial charge in [-0.15, -0.1) is 0 Å². The molecule has 0 spiro atoms. The van der Waals surface area contributed by atoms with E-state index >= 15 is 0 Å². The molecular formula is C17H28N2O. The number of hydrogen-bond donors (Lipinski definition) is 1. The van der Waals surface area contributed by atoms with E-state index in [0.29, 0.717) is 0 Å². The van der Waals surface area contributed by atoms with Crippen LogP contribution in [-0.4, -0.2) is 38.2 Å². The van der Waals surface area contributed by atoms with Crippen molar-refractivity contribution in [1.29, 1.82) is 0 Å². The fourth-order valence-electron chi connectivity index (χ4n) is 2.79. The second kappa shape index (κ2) is 8.28. The summed E-state index contributed by atoms with van der Waals surface area (Å²) in [6.07, 6.45) is 3.97. The largest absolute Gasteiger partial charge is 0.496 e. The quantitative estimate of drug-likeness (QED) is 0.775. The van der Waals surface area contributed by atoms with Gasteiger partial charge in [0.05, 0.1) is 7.11 Å². The van der Waals surface area contributed by atoms with Gasteiger partial charge in [-0.1, -0.05) is 25.1 Å². The van der Waals surface area contributed by atoms with Crippen molar-refractivity contribution in [2.45, 2.75) is 32.7 Å². The summed E-state index contributed by atoms with van der Waals surface area (Å²) in [6, 6.07) is 8.22. The molecule has 0 saturated carbocycles. The van der Waals surface area contributed by atoms with E-state index in [1.54, 1.807) is 7.11 Å². The molecule has 1 aliphatic heterocycles. The van der Waals surface area contributed by atoms with Crippen LogP contribution in [0.4, 0.5) is 0 Å². The van der Waals surface area contributed by atoms with E-state index in [4.69, 9.17) is 4.74 Å². The summed E-state index contributed by atoms with van der Waals surface area (Å²) in [4.78, 5) is 2.60. The van der Waals surface area contributed by atoms with E-state index in [-0.39, 0.29) is 0 Å². The third kappa shape index (κ3) is 4.80. The number of benzene rings is 1. The van der Waals surface area contributed by atoms with Gasteiger partial charge in [0.1, 0.15) is 5.75 Å². The molecule has 0 amide bonds. The first-order valence-corrected chi connectivity index (χ1v) is 7.84. The highest BCUT2D eigenvalue weighted by Crippen LogP contribution is 2.17. The first-order valence-electron chi connectivity index (χ1n) is 7.84. The van der Waals surface area contributed by atoms with Gasteiger partial charge in [0, 0.05) is 12.1 Å². The van der Waals surface area contributed by atoms with Crippen molar-refractivity contribution in [2.24, 2.45) is 5.92 Å². The van der Waals surface area contributed by atoms with Crippen LogP contribution in [0.25, 0.3) is 0 Å². The molecule has 0 radical (unpaired) electrons. The summed E-state index contributed by atoms with van der Waals surface area (Å²) in [7, 11) is 1.73. The van der Waals surface area contributed by atoms with Crippen LogP contribution >= 0.6 is 0 Å². The van der Waals surface area contributed by atoms with Crippen LogP contribution in [-0.2, 0) is 6.54 Å². The van der Waals surface area contributed by atoms with Crippen LogP contribution in [0.5, 0.6) is 5.75 Å². The van der Waals surface area contributed by atoms with Crippen LogP contribution in [0, 0.1) is 5.92 Å². The zero-order valence-corrected chi connectivity index (χ0v) is 12.9. The molecule has 0 unspecified atom stereocenters. The number of piperidine rings is 1. The molecule has 1 heterocycles. The second-order valence-corrected chi connectivity index (χ2v) is 5.87. The average Bonchev–Trinajstić information content (AvgIpc) is 2.49. The van der Waals surface area contributed by atoms with Gasteiger partial charge in [-0.2, -0.15) is 0 Å². The van der Waals surface area contributed by atoms with E-state index < -0.39 is 0 Å². The Morgan fingerprint density at radius 3 is 2.75 bits per heavy atom. The Morgan fingerprint density at radius 2 is 2.00 bits per heavy atom. The Bertz CT molecular complexity index is 386. The summed E-state index contributed by atoms with van der Waals surface area (Å²) < 4.78 is 5.36. The Labute approximate surface area is 123 Å². The van der Waals surface area contributed by atoms with Gasteiger partial charge in [0.2, 0.25) is 0 Å². The zero-order valence-electron chi connectivity index (χ0n) is 12.9. The molecule has 20 heavy (non-hydrogen) atoms. The van der Waals surface area contributed by atoms with Gasteiger partial charge >= 0.3 is 0 Å². The lowest BCUT2D eigenvalue weighted by molar-refractivity contribution is 0.190. The summed E-state index contributed by atoms with van der Waals surface area (Å²) in [5.74, 6) is 1.90. The van der Waals surface area contributed by atoms with Crippen LogP contribution in [0.2, 0.25) is 0 Å². The molecule has 112 valence electrons. The fourth-order valence-corrected chi connectivity index (χ4v) is 2.79. The highest BCUT2D eigenvalue weighted by Gasteiger charge is 2.14. The minimum absolute atomic E-state index is 0.890. The van der Waals surface area contributed by atoms with Crippen LogP contribution in [0.15, 0.2) is 24.3 Å². The minimum atomic E-state index is 0.890. The van der Waals surface area contributed by atoms with Crippen molar-refractivity contribution in [3.05, 3.63) is 29.8 Å². The number of hydrogen-bond acceptors (Lipinski definition) is 3. The molecule has 0 aromatic heterocycles. The van der Waals surface area contributed by atoms with Gasteiger partial charge in [0.25, 0.3) is 0 Å². The van der Waals surface area contributed by atoms with Gasteiger partial charge in [0.15, 0.2) is 0 Å². The van der Waals surface area contributed by atoms with Crippen molar-refractivity contribution < 1.29 is 4.74 Å². The number of ether oxygens (including phenoxy) is 1. The third-order valence-corrected chi connectivity index (χ3v) is 4.21. The predicted octanol–water partition coefficient (Wildman–Crippen LogP) is 2.91. The zero-order chi connectivity index (χ0) is 14.2. The van der Waals surface area contributed by atoms with Crippen LogP contribution in [0.3, 0.4) is 0 Å². The molecule has 3 nitrogen and oxygen atoms in total. The minimum Gasteiger partial charge on any atom is -0.496 e. The number of likely N-dealkylation sites (tertiary alicyclic amines) is 1. The molecule has 1 saturated heterocycles. The SMILES string of the molecule is COc1ccccc1CNCCCN1CCC(C)CC1. The summed E-state index contributed by atoms with van der Waals surface area (Å²) in [5.41, 5.74) is 1.24. The van der Waals surface area contributed by atoms with E-state index in [1.165, 1.54) is 44.5 Å². The summed E-state index contributed by atoms with van der Waals surface area (Å²) >= 11 is 0. The molecule has 0 bridgehead atoms. The van der Waals surface area contributed by atoms with E-state index in [2.05, 4.69) is 29.3 Å². The maximum Gasteiger partial charge on any atom is 0.123 e. The first-order chi connectivity index (χ1) is 9.79. The summed E-state index contributed by atoms with van der Waals surface area (Å²) in [6.45, 7) is 8.13. The van der Waals surface area contributed by atoms with Crippen LogP contribution in [0.1, 0.15) is 31.7 Å². The molecule has 0 atom stereocenters. The smallest absolute Gasteiger partial charge is 0.123 e. The van der Waals surface area contributed by atoms with Crippen molar-refractivity contribution in [2.75, 3.05) is 33.3 Å². The van der Waals surface area contributed by atoms with Gasteiger partial charge in [-0.05, 0) is 57.4 Å². The highest BCUT2D eigenvalue weighted by atomic mass is 16.5. The maximum atomic E-state index is 5.36. The Balaban J connectivity index is 1.59. The number of nitrogens with zero attached hydrogens (tertiary/aromatic N) is 1. The average molecular weight is 276 g/mol. The van der Waals surface area contributed by atoms with Gasteiger partial charge in [-0.3, -0.25) is 0 Å². The van der Waals surface area contributed by atoms with Crippen molar-refractivity contribution in [1.82, 2.24) is 10.2 Å². The normalized spacial score (nSPS) is 17.3. The Kier molecular flexibility index (Phi) is 6.34. The summed E-state index contributed by atoms with van der Waals surface area (Å²) in [5, 5.41) is 3.52. The molecule has 1 aromatic carbocycles. The molecular weight excluding hydrogens is 248 g/mol. The predicted molar refractivity (Wildman–Crippen MR) is 84.2 cm³/mol. The third-order valence-electron chi connectivity index (χ3n) is 4.21. The molecule has 1 fully saturated rings. The Morgan fingerprint density at radius 1 is 1.25 bits per heavy atom. The van der Waals surface area contributed by atoms with Crippen LogP contribution < -0.4 is 10.1 Å². The standard InChI is InChI=1S/C17H28N2O/c1-15-8-12-19(13-9-15)11-5-10-18-14-16-6-3-4-7-17(16)20-2/h3-4,6-7,15,18H,5,8-14H2,1-2H3. The molecule has 1 aliphatic rings. The lowest BCUT2D eigenvalue weighted by atomic mass is 9.99. The molecule has 1 N–H and O–H groups in total. The highest BCUT2D eigenvalue weighted by molar-refractivity contribution is 5.32. The second-order valence-electron chi connectivity index (χ2n) is 5.87. The molecule has 1 aromatic rings. The topological polar surface area (TPSA) is 24.5 Å².